The van der Waals surface area contributed by atoms with Gasteiger partial charge in [0.05, 0.1) is 12.7 Å². The Balaban J connectivity index is 1.88. The van der Waals surface area contributed by atoms with Crippen LogP contribution in [0.4, 0.5) is 8.78 Å². The molecule has 0 aliphatic rings. The standard InChI is InChI=1S/C14H10F2N4O/c15-10-4-2-1-3-9(10)8-20-6-5-12(19-20)13-17-7-11(16)14(21)18-13/h1-7H,8H2,(H,17,18,21). The molecule has 0 atom stereocenters. The Morgan fingerprint density at radius 2 is 1.95 bits per heavy atom. The van der Waals surface area contributed by atoms with Crippen molar-refractivity contribution in [2.45, 2.75) is 6.54 Å². The minimum absolute atomic E-state index is 0.161. The first-order valence-corrected chi connectivity index (χ1v) is 6.15. The van der Waals surface area contributed by atoms with E-state index in [0.717, 1.165) is 6.20 Å². The fourth-order valence-corrected chi connectivity index (χ4v) is 1.89. The highest BCUT2D eigenvalue weighted by Crippen LogP contribution is 2.12. The molecule has 106 valence electrons. The van der Waals surface area contributed by atoms with Crippen LogP contribution in [0.1, 0.15) is 5.56 Å². The van der Waals surface area contributed by atoms with E-state index in [-0.39, 0.29) is 18.2 Å². The normalized spacial score (nSPS) is 10.8. The van der Waals surface area contributed by atoms with Gasteiger partial charge in [-0.1, -0.05) is 18.2 Å². The molecule has 21 heavy (non-hydrogen) atoms. The van der Waals surface area contributed by atoms with Gasteiger partial charge in [-0.05, 0) is 12.1 Å². The van der Waals surface area contributed by atoms with Crippen LogP contribution in [0.2, 0.25) is 0 Å². The number of hydrogen-bond donors (Lipinski definition) is 1. The second-order valence-corrected chi connectivity index (χ2v) is 4.40. The van der Waals surface area contributed by atoms with Gasteiger partial charge < -0.3 is 4.98 Å². The zero-order valence-electron chi connectivity index (χ0n) is 10.8. The zero-order valence-corrected chi connectivity index (χ0v) is 10.8. The lowest BCUT2D eigenvalue weighted by Gasteiger charge is -2.03. The molecule has 2 aromatic heterocycles. The summed E-state index contributed by atoms with van der Waals surface area (Å²) >= 11 is 0. The van der Waals surface area contributed by atoms with E-state index >= 15 is 0 Å². The Morgan fingerprint density at radius 3 is 2.71 bits per heavy atom. The van der Waals surface area contributed by atoms with E-state index in [1.54, 1.807) is 30.5 Å². The summed E-state index contributed by atoms with van der Waals surface area (Å²) in [5.74, 6) is -1.11. The Morgan fingerprint density at radius 1 is 1.14 bits per heavy atom. The van der Waals surface area contributed by atoms with Crippen molar-refractivity contribution in [3.8, 4) is 11.5 Å². The third-order valence-corrected chi connectivity index (χ3v) is 2.93. The van der Waals surface area contributed by atoms with Gasteiger partial charge in [-0.2, -0.15) is 9.49 Å². The molecule has 0 unspecified atom stereocenters. The molecular weight excluding hydrogens is 278 g/mol. The van der Waals surface area contributed by atoms with Gasteiger partial charge in [0, 0.05) is 11.8 Å². The lowest BCUT2D eigenvalue weighted by Crippen LogP contribution is -2.12. The van der Waals surface area contributed by atoms with Crippen LogP contribution in [0.5, 0.6) is 0 Å². The number of nitrogens with zero attached hydrogens (tertiary/aromatic N) is 3. The van der Waals surface area contributed by atoms with Crippen molar-refractivity contribution in [1.29, 1.82) is 0 Å². The highest BCUT2D eigenvalue weighted by molar-refractivity contribution is 5.47. The van der Waals surface area contributed by atoms with Crippen LogP contribution in [0.3, 0.4) is 0 Å². The van der Waals surface area contributed by atoms with Crippen molar-refractivity contribution in [2.24, 2.45) is 0 Å². The van der Waals surface area contributed by atoms with Gasteiger partial charge in [-0.3, -0.25) is 9.48 Å². The van der Waals surface area contributed by atoms with Crippen molar-refractivity contribution in [1.82, 2.24) is 19.7 Å². The van der Waals surface area contributed by atoms with E-state index in [2.05, 4.69) is 15.1 Å². The van der Waals surface area contributed by atoms with Crippen LogP contribution in [-0.2, 0) is 6.54 Å². The van der Waals surface area contributed by atoms with E-state index < -0.39 is 11.4 Å². The second-order valence-electron chi connectivity index (χ2n) is 4.40. The van der Waals surface area contributed by atoms with Crippen LogP contribution in [0, 0.1) is 11.6 Å². The molecule has 0 fully saturated rings. The smallest absolute Gasteiger partial charge is 0.287 e. The number of H-pyrrole nitrogens is 1. The fraction of sp³-hybridized carbons (Fsp3) is 0.0714. The van der Waals surface area contributed by atoms with Crippen molar-refractivity contribution < 1.29 is 8.78 Å². The van der Waals surface area contributed by atoms with Crippen molar-refractivity contribution in [3.63, 3.8) is 0 Å². The summed E-state index contributed by atoms with van der Waals surface area (Å²) in [7, 11) is 0. The SMILES string of the molecule is O=c1[nH]c(-c2ccn(Cc3ccccc3F)n2)ncc1F. The summed E-state index contributed by atoms with van der Waals surface area (Å²) in [6, 6.07) is 7.99. The van der Waals surface area contributed by atoms with E-state index in [1.165, 1.54) is 10.7 Å². The zero-order chi connectivity index (χ0) is 14.8. The molecular formula is C14H10F2N4O. The molecule has 1 aromatic carbocycles. The molecule has 3 rings (SSSR count). The summed E-state index contributed by atoms with van der Waals surface area (Å²) in [5.41, 5.74) is 0.0137. The molecule has 7 heteroatoms. The topological polar surface area (TPSA) is 63.6 Å². The largest absolute Gasteiger partial charge is 0.303 e. The minimum atomic E-state index is -0.954. The summed E-state index contributed by atoms with van der Waals surface area (Å²) < 4.78 is 27.9. The van der Waals surface area contributed by atoms with Crippen molar-refractivity contribution in [3.05, 3.63) is 70.3 Å². The highest BCUT2D eigenvalue weighted by atomic mass is 19.1. The number of aromatic nitrogens is 4. The maximum absolute atomic E-state index is 13.6. The molecule has 0 amide bonds. The van der Waals surface area contributed by atoms with E-state index in [1.807, 2.05) is 0 Å². The average Bonchev–Trinajstić information content (AvgIpc) is 2.93. The lowest BCUT2D eigenvalue weighted by atomic mass is 10.2. The lowest BCUT2D eigenvalue weighted by molar-refractivity contribution is 0.585. The monoisotopic (exact) mass is 288 g/mol. The van der Waals surface area contributed by atoms with E-state index in [0.29, 0.717) is 11.3 Å². The second kappa shape index (κ2) is 5.28. The predicted octanol–water partition coefficient (Wildman–Crippen LogP) is 1.96. The van der Waals surface area contributed by atoms with Gasteiger partial charge in [0.2, 0.25) is 5.82 Å². The Kier molecular flexibility index (Phi) is 3.31. The minimum Gasteiger partial charge on any atom is -0.303 e. The number of benzene rings is 1. The first-order chi connectivity index (χ1) is 10.1. The third kappa shape index (κ3) is 2.71. The Hall–Kier alpha value is -2.83. The van der Waals surface area contributed by atoms with Crippen LogP contribution in [0.15, 0.2) is 47.5 Å². The Labute approximate surface area is 117 Å². The van der Waals surface area contributed by atoms with Crippen molar-refractivity contribution >= 4 is 0 Å². The maximum atomic E-state index is 13.6. The van der Waals surface area contributed by atoms with Crippen molar-refractivity contribution in [2.75, 3.05) is 0 Å². The van der Waals surface area contributed by atoms with Crippen LogP contribution in [-0.4, -0.2) is 19.7 Å². The van der Waals surface area contributed by atoms with Gasteiger partial charge in [0.15, 0.2) is 5.82 Å². The number of aromatic amines is 1. The molecule has 3 aromatic rings. The molecule has 0 saturated heterocycles. The molecule has 0 bridgehead atoms. The average molecular weight is 288 g/mol. The number of rotatable bonds is 3. The molecule has 2 heterocycles. The first-order valence-electron chi connectivity index (χ1n) is 6.15. The van der Waals surface area contributed by atoms with E-state index in [4.69, 9.17) is 0 Å². The summed E-state index contributed by atoms with van der Waals surface area (Å²) in [6.45, 7) is 0.248. The van der Waals surface area contributed by atoms with Crippen LogP contribution in [0.25, 0.3) is 11.5 Å². The fourth-order valence-electron chi connectivity index (χ4n) is 1.89. The molecule has 0 radical (unpaired) electrons. The maximum Gasteiger partial charge on any atom is 0.287 e. The quantitative estimate of drug-likeness (QED) is 0.801. The highest BCUT2D eigenvalue weighted by Gasteiger charge is 2.08. The van der Waals surface area contributed by atoms with Gasteiger partial charge in [0.25, 0.3) is 5.56 Å². The van der Waals surface area contributed by atoms with E-state index in [9.17, 15) is 13.6 Å². The predicted molar refractivity (Wildman–Crippen MR) is 71.5 cm³/mol. The van der Waals surface area contributed by atoms with Gasteiger partial charge >= 0.3 is 0 Å². The molecule has 0 aliphatic carbocycles. The number of hydrogen-bond acceptors (Lipinski definition) is 3. The number of nitrogens with one attached hydrogen (secondary N) is 1. The van der Waals surface area contributed by atoms with Crippen LogP contribution >= 0.6 is 0 Å². The molecule has 0 aliphatic heterocycles. The molecule has 5 nitrogen and oxygen atoms in total. The molecule has 0 saturated carbocycles. The summed E-state index contributed by atoms with van der Waals surface area (Å²) in [5, 5.41) is 4.18. The molecule has 1 N–H and O–H groups in total. The first kappa shape index (κ1) is 13.2. The Bertz CT molecular complexity index is 841. The summed E-state index contributed by atoms with van der Waals surface area (Å²) in [6.07, 6.45) is 2.47. The number of halogens is 2. The van der Waals surface area contributed by atoms with Gasteiger partial charge in [0.1, 0.15) is 11.5 Å². The summed E-state index contributed by atoms with van der Waals surface area (Å²) in [4.78, 5) is 17.3. The van der Waals surface area contributed by atoms with Gasteiger partial charge in [-0.15, -0.1) is 0 Å². The third-order valence-electron chi connectivity index (χ3n) is 2.93. The van der Waals surface area contributed by atoms with Gasteiger partial charge in [-0.25, -0.2) is 9.37 Å². The van der Waals surface area contributed by atoms with Crippen LogP contribution < -0.4 is 5.56 Å². The molecule has 0 spiro atoms.